The van der Waals surface area contributed by atoms with Crippen molar-refractivity contribution >= 4 is 22.7 Å². The molecule has 1 aliphatic heterocycles. The van der Waals surface area contributed by atoms with E-state index in [-0.39, 0.29) is 11.7 Å². The number of aromatic nitrogens is 1. The molecule has 9 heteroatoms. The Kier molecular flexibility index (Phi) is 8.23. The van der Waals surface area contributed by atoms with Crippen LogP contribution < -0.4 is 15.2 Å². The zero-order valence-electron chi connectivity index (χ0n) is 25.5. The van der Waals surface area contributed by atoms with Crippen molar-refractivity contribution in [2.75, 3.05) is 27.9 Å². The van der Waals surface area contributed by atoms with Crippen molar-refractivity contribution in [2.24, 2.45) is 5.73 Å². The number of nitrogens with zero attached hydrogens (tertiary/aromatic N) is 2. The third kappa shape index (κ3) is 5.36. The zero-order chi connectivity index (χ0) is 31.0. The highest BCUT2D eigenvalue weighted by atomic mass is 16.7. The Hall–Kier alpha value is -4.50. The van der Waals surface area contributed by atoms with E-state index in [4.69, 9.17) is 20.0 Å². The molecule has 9 nitrogen and oxygen atoms in total. The van der Waals surface area contributed by atoms with E-state index < -0.39 is 11.8 Å². The van der Waals surface area contributed by atoms with Crippen LogP contribution in [0.15, 0.2) is 54.6 Å². The molecule has 3 N–H and O–H groups in total. The van der Waals surface area contributed by atoms with Crippen LogP contribution in [0.25, 0.3) is 22.2 Å². The van der Waals surface area contributed by atoms with Crippen LogP contribution in [0, 0.1) is 0 Å². The van der Waals surface area contributed by atoms with Gasteiger partial charge < -0.3 is 24.9 Å². The van der Waals surface area contributed by atoms with Crippen LogP contribution in [0.5, 0.6) is 17.2 Å². The number of ether oxygens (including phenoxy) is 2. The summed E-state index contributed by atoms with van der Waals surface area (Å²) in [4.78, 5) is 31.8. The maximum atomic E-state index is 14.1. The highest BCUT2D eigenvalue weighted by Gasteiger charge is 2.35. The Balaban J connectivity index is 1.66. The molecule has 0 bridgehead atoms. The molecule has 1 atom stereocenters. The molecule has 0 spiro atoms. The number of hydroxylamine groups is 2. The Labute approximate surface area is 257 Å². The third-order valence-electron chi connectivity index (χ3n) is 9.19. The highest BCUT2D eigenvalue weighted by Crippen LogP contribution is 2.51. The molecule has 1 aromatic heterocycles. The van der Waals surface area contributed by atoms with Gasteiger partial charge in [-0.1, -0.05) is 37.5 Å². The van der Waals surface area contributed by atoms with E-state index in [0.717, 1.165) is 59.0 Å². The molecule has 1 fully saturated rings. The summed E-state index contributed by atoms with van der Waals surface area (Å²) in [6.45, 7) is 0.960. The van der Waals surface area contributed by atoms with Gasteiger partial charge >= 0.3 is 0 Å². The molecule has 230 valence electrons. The van der Waals surface area contributed by atoms with E-state index in [2.05, 4.69) is 4.57 Å². The molecule has 2 aliphatic rings. The lowest BCUT2D eigenvalue weighted by Crippen LogP contribution is -2.32. The van der Waals surface area contributed by atoms with Gasteiger partial charge in [-0.25, -0.2) is 5.06 Å². The molecule has 0 saturated heterocycles. The number of likely N-dealkylation sites (N-methyl/N-ethyl adjacent to an activating group) is 1. The molecule has 6 rings (SSSR count). The van der Waals surface area contributed by atoms with Crippen LogP contribution in [-0.2, 0) is 22.6 Å². The molecule has 2 heterocycles. The number of phenolic OH excluding ortho intramolecular Hbond substituents is 1. The largest absolute Gasteiger partial charge is 0.508 e. The second-order valence-corrected chi connectivity index (χ2v) is 11.7. The lowest BCUT2D eigenvalue weighted by atomic mass is 9.79. The number of rotatable bonds is 8. The smallest absolute Gasteiger partial charge is 0.253 e. The number of aromatic hydroxyl groups is 1. The molecular formula is C35H39N3O6. The first-order valence-electron chi connectivity index (χ1n) is 15.2. The Morgan fingerprint density at radius 3 is 2.50 bits per heavy atom. The van der Waals surface area contributed by atoms with Gasteiger partial charge in [0.2, 0.25) is 5.91 Å². The van der Waals surface area contributed by atoms with Gasteiger partial charge in [-0.3, -0.25) is 14.4 Å². The van der Waals surface area contributed by atoms with Crippen molar-refractivity contribution in [1.82, 2.24) is 9.63 Å². The second kappa shape index (κ2) is 12.2. The van der Waals surface area contributed by atoms with Crippen molar-refractivity contribution in [3.63, 3.8) is 0 Å². The quantitative estimate of drug-likeness (QED) is 0.244. The highest BCUT2D eigenvalue weighted by molar-refractivity contribution is 6.01. The first kappa shape index (κ1) is 29.6. The molecule has 4 aromatic rings. The fourth-order valence-corrected chi connectivity index (χ4v) is 6.96. The monoisotopic (exact) mass is 597 g/mol. The van der Waals surface area contributed by atoms with E-state index in [0.29, 0.717) is 42.6 Å². The number of methoxy groups -OCH3 is 1. The van der Waals surface area contributed by atoms with E-state index in [1.165, 1.54) is 24.2 Å². The van der Waals surface area contributed by atoms with Crippen LogP contribution in [0.3, 0.4) is 0 Å². The van der Waals surface area contributed by atoms with Crippen LogP contribution in [0.4, 0.5) is 0 Å². The van der Waals surface area contributed by atoms with Gasteiger partial charge in [-0.15, -0.1) is 0 Å². The second-order valence-electron chi connectivity index (χ2n) is 11.7. The predicted octanol–water partition coefficient (Wildman–Crippen LogP) is 5.91. The lowest BCUT2D eigenvalue weighted by molar-refractivity contribution is -0.170. The van der Waals surface area contributed by atoms with Gasteiger partial charge in [0.1, 0.15) is 23.9 Å². The van der Waals surface area contributed by atoms with Gasteiger partial charge in [0.05, 0.1) is 32.4 Å². The van der Waals surface area contributed by atoms with Gasteiger partial charge in [0.25, 0.3) is 5.91 Å². The maximum absolute atomic E-state index is 14.1. The third-order valence-corrected chi connectivity index (χ3v) is 9.19. The van der Waals surface area contributed by atoms with Crippen molar-refractivity contribution in [2.45, 2.75) is 56.9 Å². The molecule has 1 aliphatic carbocycles. The number of hydrogen-bond donors (Lipinski definition) is 2. The van der Waals surface area contributed by atoms with Crippen molar-refractivity contribution in [3.8, 4) is 28.5 Å². The minimum absolute atomic E-state index is 0.159. The summed E-state index contributed by atoms with van der Waals surface area (Å²) in [6, 6.07) is 16.5. The first-order chi connectivity index (χ1) is 21.3. The molecule has 0 radical (unpaired) electrons. The summed E-state index contributed by atoms with van der Waals surface area (Å²) in [7, 11) is 4.69. The van der Waals surface area contributed by atoms with Crippen LogP contribution in [0.1, 0.15) is 71.0 Å². The Morgan fingerprint density at radius 1 is 1.07 bits per heavy atom. The molecule has 0 unspecified atom stereocenters. The molecule has 2 amide bonds. The number of carbonyl (C=O) groups is 2. The summed E-state index contributed by atoms with van der Waals surface area (Å²) in [6.07, 6.45) is 5.99. The van der Waals surface area contributed by atoms with E-state index >= 15 is 0 Å². The molecule has 44 heavy (non-hydrogen) atoms. The lowest BCUT2D eigenvalue weighted by Gasteiger charge is -2.28. The Bertz CT molecular complexity index is 1700. The number of hydrogen-bond acceptors (Lipinski definition) is 6. The fourth-order valence-electron chi connectivity index (χ4n) is 6.96. The topological polar surface area (TPSA) is 116 Å². The number of primary amides is 1. The number of carbonyl (C=O) groups excluding carboxylic acids is 2. The van der Waals surface area contributed by atoms with Crippen LogP contribution in [-0.4, -0.2) is 54.4 Å². The first-order valence-corrected chi connectivity index (χ1v) is 15.2. The average Bonchev–Trinajstić information content (AvgIpc) is 3.24. The van der Waals surface area contributed by atoms with Gasteiger partial charge in [-0.05, 0) is 72.2 Å². The number of amides is 2. The van der Waals surface area contributed by atoms with Crippen molar-refractivity contribution < 1.29 is 29.0 Å². The summed E-state index contributed by atoms with van der Waals surface area (Å²) in [5.74, 6) is 0.348. The number of nitrogens with two attached hydrogens (primary N) is 1. The minimum Gasteiger partial charge on any atom is -0.508 e. The van der Waals surface area contributed by atoms with E-state index in [1.807, 2.05) is 42.5 Å². The molecule has 3 aromatic carbocycles. The minimum atomic E-state index is -0.665. The number of benzene rings is 3. The summed E-state index contributed by atoms with van der Waals surface area (Å²) >= 11 is 0. The van der Waals surface area contributed by atoms with Crippen molar-refractivity contribution in [3.05, 3.63) is 76.9 Å². The summed E-state index contributed by atoms with van der Waals surface area (Å²) < 4.78 is 14.4. The van der Waals surface area contributed by atoms with E-state index in [9.17, 15) is 14.7 Å². The fraction of sp³-hybridized carbons (Fsp3) is 0.371. The zero-order valence-corrected chi connectivity index (χ0v) is 25.5. The van der Waals surface area contributed by atoms with Crippen LogP contribution >= 0.6 is 0 Å². The van der Waals surface area contributed by atoms with Crippen LogP contribution in [0.2, 0.25) is 0 Å². The maximum Gasteiger partial charge on any atom is 0.253 e. The van der Waals surface area contributed by atoms with E-state index in [1.54, 1.807) is 26.3 Å². The standard InChI is InChI=1S/C35H39N3O6/c1-37(43-3)35(41)28(17-21-9-12-24(39)13-10-21)27-19-25(42-2)20-30-32(27)33-31(22-7-5-4-6-8-22)26-14-11-23(34(36)40)18-29(26)38(33)15-16-44-30/h9-14,18-20,22,28,39H,4-8,15-17H2,1-3H3,(H2,36,40)/t28-/m0/s1. The molecule has 1 saturated carbocycles. The number of fused-ring (bicyclic) bond motifs is 5. The normalized spacial score (nSPS) is 15.5. The molecular weight excluding hydrogens is 558 g/mol. The average molecular weight is 598 g/mol. The van der Waals surface area contributed by atoms with Crippen molar-refractivity contribution in [1.29, 1.82) is 0 Å². The number of phenols is 1. The van der Waals surface area contributed by atoms with Gasteiger partial charge in [0, 0.05) is 35.1 Å². The van der Waals surface area contributed by atoms with Gasteiger partial charge in [0.15, 0.2) is 0 Å². The Morgan fingerprint density at radius 2 is 1.82 bits per heavy atom. The summed E-state index contributed by atoms with van der Waals surface area (Å²) in [5.41, 5.74) is 11.9. The van der Waals surface area contributed by atoms with Gasteiger partial charge in [-0.2, -0.15) is 0 Å². The summed E-state index contributed by atoms with van der Waals surface area (Å²) in [5, 5.41) is 12.3. The SMILES string of the molecule is COc1cc2c(c([C@H](Cc3ccc(O)cc3)C(=O)N(C)OC)c1)-c1c(C3CCCCC3)c3ccc(C(N)=O)cc3n1CCO2. The predicted molar refractivity (Wildman–Crippen MR) is 168 cm³/mol.